The van der Waals surface area contributed by atoms with E-state index in [0.717, 1.165) is 30.4 Å². The van der Waals surface area contributed by atoms with Crippen molar-refractivity contribution in [3.8, 4) is 0 Å². The predicted molar refractivity (Wildman–Crippen MR) is 122 cm³/mol. The van der Waals surface area contributed by atoms with Gasteiger partial charge in [0.1, 0.15) is 6.10 Å². The Morgan fingerprint density at radius 2 is 2.03 bits per heavy atom. The van der Waals surface area contributed by atoms with Gasteiger partial charge < -0.3 is 14.9 Å². The van der Waals surface area contributed by atoms with Crippen LogP contribution in [0.3, 0.4) is 0 Å². The van der Waals surface area contributed by atoms with Crippen molar-refractivity contribution >= 4 is 5.97 Å². The molecule has 0 spiro atoms. The molecule has 1 aliphatic heterocycles. The van der Waals surface area contributed by atoms with Crippen LogP contribution in [0.5, 0.6) is 0 Å². The van der Waals surface area contributed by atoms with Crippen LogP contribution >= 0.6 is 0 Å². The number of carbonyl (C=O) groups excluding carboxylic acids is 1. The van der Waals surface area contributed by atoms with E-state index in [9.17, 15) is 15.0 Å². The lowest BCUT2D eigenvalue weighted by Crippen LogP contribution is -2.36. The van der Waals surface area contributed by atoms with Crippen molar-refractivity contribution in [2.24, 2.45) is 29.1 Å². The second-order valence-electron chi connectivity index (χ2n) is 11.1. The Balaban J connectivity index is 1.47. The van der Waals surface area contributed by atoms with Gasteiger partial charge in [-0.05, 0) is 85.7 Å². The van der Waals surface area contributed by atoms with Crippen LogP contribution in [-0.4, -0.2) is 34.5 Å². The fraction of sp³-hybridized carbons (Fsp3) is 0.741. The zero-order valence-electron chi connectivity index (χ0n) is 19.5. The highest BCUT2D eigenvalue weighted by Crippen LogP contribution is 2.60. The average molecular weight is 429 g/mol. The molecule has 0 aromatic heterocycles. The molecule has 0 radical (unpaired) electrons. The highest BCUT2D eigenvalue weighted by molar-refractivity contribution is 5.74. The van der Waals surface area contributed by atoms with Crippen molar-refractivity contribution in [2.45, 2.75) is 96.9 Å². The van der Waals surface area contributed by atoms with E-state index in [4.69, 9.17) is 4.74 Å². The summed E-state index contributed by atoms with van der Waals surface area (Å²) in [5.74, 6) is 1.84. The summed E-state index contributed by atoms with van der Waals surface area (Å²) >= 11 is 0. The molecule has 1 saturated heterocycles. The number of rotatable bonds is 4. The molecule has 172 valence electrons. The summed E-state index contributed by atoms with van der Waals surface area (Å²) in [5.41, 5.74) is 3.59. The Hall–Kier alpha value is -1.39. The first-order valence-electron chi connectivity index (χ1n) is 12.3. The van der Waals surface area contributed by atoms with E-state index in [2.05, 4.69) is 32.6 Å². The first-order valence-corrected chi connectivity index (χ1v) is 12.3. The SMILES string of the molecule is C=C1/C(=C\C=C2CCC[C@@]3(C)C2CC[C@@H]3[C@H](C)CC2CC(C)C(=O)O2)C[C@@H](O)C[C@H]1O. The van der Waals surface area contributed by atoms with Gasteiger partial charge >= 0.3 is 5.97 Å². The monoisotopic (exact) mass is 428 g/mol. The molecule has 4 nitrogen and oxygen atoms in total. The third-order valence-corrected chi connectivity index (χ3v) is 8.93. The number of aliphatic hydroxyl groups excluding tert-OH is 2. The van der Waals surface area contributed by atoms with E-state index >= 15 is 0 Å². The minimum absolute atomic E-state index is 0.0248. The fourth-order valence-electron chi connectivity index (χ4n) is 7.22. The first kappa shape index (κ1) is 22.8. The van der Waals surface area contributed by atoms with Crippen molar-refractivity contribution < 1.29 is 19.7 Å². The van der Waals surface area contributed by atoms with Gasteiger partial charge in [0.05, 0.1) is 18.1 Å². The highest BCUT2D eigenvalue weighted by Gasteiger charge is 2.51. The summed E-state index contributed by atoms with van der Waals surface area (Å²) < 4.78 is 5.62. The Morgan fingerprint density at radius 1 is 1.26 bits per heavy atom. The van der Waals surface area contributed by atoms with Gasteiger partial charge in [0, 0.05) is 6.42 Å². The van der Waals surface area contributed by atoms with Gasteiger partial charge in [-0.15, -0.1) is 0 Å². The number of cyclic esters (lactones) is 1. The van der Waals surface area contributed by atoms with Crippen LogP contribution in [0.25, 0.3) is 0 Å². The summed E-state index contributed by atoms with van der Waals surface area (Å²) in [7, 11) is 0. The maximum Gasteiger partial charge on any atom is 0.309 e. The molecule has 4 aliphatic rings. The van der Waals surface area contributed by atoms with Crippen molar-refractivity contribution in [3.05, 3.63) is 35.5 Å². The summed E-state index contributed by atoms with van der Waals surface area (Å²) in [6.45, 7) is 10.9. The molecule has 31 heavy (non-hydrogen) atoms. The molecule has 0 amide bonds. The summed E-state index contributed by atoms with van der Waals surface area (Å²) in [4.78, 5) is 11.8. The minimum atomic E-state index is -0.630. The average Bonchev–Trinajstić information content (AvgIpc) is 3.22. The van der Waals surface area contributed by atoms with Gasteiger partial charge in [-0.1, -0.05) is 45.1 Å². The summed E-state index contributed by atoms with van der Waals surface area (Å²) in [6, 6.07) is 0. The van der Waals surface area contributed by atoms with Crippen molar-refractivity contribution in [1.29, 1.82) is 0 Å². The number of aliphatic hydroxyl groups is 2. The van der Waals surface area contributed by atoms with Gasteiger partial charge in [0.15, 0.2) is 0 Å². The molecule has 3 unspecified atom stereocenters. The van der Waals surface area contributed by atoms with E-state index in [0.29, 0.717) is 36.0 Å². The number of hydrogen-bond donors (Lipinski definition) is 2. The van der Waals surface area contributed by atoms with Gasteiger partial charge in [0.25, 0.3) is 0 Å². The second-order valence-corrected chi connectivity index (χ2v) is 11.1. The quantitative estimate of drug-likeness (QED) is 0.611. The van der Waals surface area contributed by atoms with Crippen molar-refractivity contribution in [1.82, 2.24) is 0 Å². The van der Waals surface area contributed by atoms with Crippen LogP contribution in [0.2, 0.25) is 0 Å². The molecule has 0 bridgehead atoms. The van der Waals surface area contributed by atoms with Crippen molar-refractivity contribution in [3.63, 3.8) is 0 Å². The topological polar surface area (TPSA) is 66.8 Å². The highest BCUT2D eigenvalue weighted by atomic mass is 16.5. The predicted octanol–water partition coefficient (Wildman–Crippen LogP) is 5.11. The lowest BCUT2D eigenvalue weighted by atomic mass is 9.60. The number of hydrogen-bond acceptors (Lipinski definition) is 4. The number of esters is 1. The fourth-order valence-corrected chi connectivity index (χ4v) is 7.22. The van der Waals surface area contributed by atoms with Crippen LogP contribution in [0, 0.1) is 29.1 Å². The molecule has 2 N–H and O–H groups in total. The van der Waals surface area contributed by atoms with Gasteiger partial charge in [0.2, 0.25) is 0 Å². The maximum atomic E-state index is 11.8. The van der Waals surface area contributed by atoms with Crippen LogP contribution in [0.4, 0.5) is 0 Å². The number of allylic oxidation sites excluding steroid dienone is 3. The van der Waals surface area contributed by atoms with E-state index in [1.165, 1.54) is 31.3 Å². The zero-order chi connectivity index (χ0) is 22.3. The molecule has 4 fully saturated rings. The van der Waals surface area contributed by atoms with Crippen LogP contribution < -0.4 is 0 Å². The van der Waals surface area contributed by atoms with Gasteiger partial charge in [-0.3, -0.25) is 4.79 Å². The van der Waals surface area contributed by atoms with Gasteiger partial charge in [-0.2, -0.15) is 0 Å². The van der Waals surface area contributed by atoms with E-state index in [1.807, 2.05) is 6.92 Å². The van der Waals surface area contributed by atoms with E-state index < -0.39 is 12.2 Å². The second kappa shape index (κ2) is 8.86. The van der Waals surface area contributed by atoms with Crippen molar-refractivity contribution in [2.75, 3.05) is 0 Å². The molecule has 8 atom stereocenters. The Labute approximate surface area is 187 Å². The summed E-state index contributed by atoms with van der Waals surface area (Å²) in [6.07, 6.45) is 12.3. The Kier molecular flexibility index (Phi) is 6.52. The number of ether oxygens (including phenoxy) is 1. The maximum absolute atomic E-state index is 11.8. The third kappa shape index (κ3) is 4.43. The Morgan fingerprint density at radius 3 is 2.74 bits per heavy atom. The smallest absolute Gasteiger partial charge is 0.309 e. The zero-order valence-corrected chi connectivity index (χ0v) is 19.5. The lowest BCUT2D eigenvalue weighted by molar-refractivity contribution is -0.144. The van der Waals surface area contributed by atoms with E-state index in [1.54, 1.807) is 0 Å². The summed E-state index contributed by atoms with van der Waals surface area (Å²) in [5, 5.41) is 20.2. The number of fused-ring (bicyclic) bond motifs is 1. The largest absolute Gasteiger partial charge is 0.462 e. The lowest BCUT2D eigenvalue weighted by Gasteiger charge is -2.44. The first-order chi connectivity index (χ1) is 14.7. The molecular weight excluding hydrogens is 388 g/mol. The molecular formula is C27H40O4. The standard InChI is InChI=1S/C27H40O4/c1-16(12-22-13-17(2)26(30)31-22)23-9-10-24-19(6-5-11-27(23,24)4)7-8-20-14-21(28)15-25(29)18(20)3/h7-8,16-17,21-25,28-29H,3,5-6,9-15H2,1-2,4H3/b19-7?,20-8-/t16-,17?,21-,22?,23-,24?,25-,27-/m1/s1. The van der Waals surface area contributed by atoms with Crippen LogP contribution in [-0.2, 0) is 9.53 Å². The normalized spacial score (nSPS) is 44.5. The molecule has 0 aromatic carbocycles. The minimum Gasteiger partial charge on any atom is -0.462 e. The van der Waals surface area contributed by atoms with Crippen LogP contribution in [0.1, 0.15) is 78.6 Å². The van der Waals surface area contributed by atoms with Gasteiger partial charge in [-0.25, -0.2) is 0 Å². The molecule has 4 rings (SSSR count). The molecule has 4 heteroatoms. The molecule has 3 saturated carbocycles. The molecule has 1 heterocycles. The Bertz CT molecular complexity index is 780. The molecule has 3 aliphatic carbocycles. The number of carbonyl (C=O) groups is 1. The van der Waals surface area contributed by atoms with E-state index in [-0.39, 0.29) is 18.0 Å². The molecule has 0 aromatic rings. The third-order valence-electron chi connectivity index (χ3n) is 8.93. The van der Waals surface area contributed by atoms with Crippen LogP contribution in [0.15, 0.2) is 35.5 Å².